The van der Waals surface area contributed by atoms with Crippen LogP contribution in [0.5, 0.6) is 0 Å². The topological polar surface area (TPSA) is 46.3 Å². The molecule has 1 aliphatic heterocycles. The van der Waals surface area contributed by atoms with Crippen LogP contribution in [-0.4, -0.2) is 12.5 Å². The molecule has 1 heterocycles. The molecule has 1 unspecified atom stereocenters. The molecule has 2 aromatic carbocycles. The fourth-order valence-electron chi connectivity index (χ4n) is 2.58. The van der Waals surface area contributed by atoms with Gasteiger partial charge < -0.3 is 10.6 Å². The Labute approximate surface area is 129 Å². The number of hydrogen-bond acceptors (Lipinski definition) is 3. The van der Waals surface area contributed by atoms with Gasteiger partial charge in [0.25, 0.3) is 0 Å². The van der Waals surface area contributed by atoms with Gasteiger partial charge in [-0.2, -0.15) is 0 Å². The summed E-state index contributed by atoms with van der Waals surface area (Å²) in [7, 11) is 0. The van der Waals surface area contributed by atoms with E-state index >= 15 is 0 Å². The lowest BCUT2D eigenvalue weighted by Gasteiger charge is -2.34. The first kappa shape index (κ1) is 14.0. The molecule has 0 aliphatic carbocycles. The van der Waals surface area contributed by atoms with Crippen LogP contribution < -0.4 is 10.6 Å². The minimum absolute atomic E-state index is 0.145. The largest absolute Gasteiger partial charge is 0.399 e. The summed E-state index contributed by atoms with van der Waals surface area (Å²) in [6, 6.07) is 15.8. The van der Waals surface area contributed by atoms with Crippen LogP contribution in [0.3, 0.4) is 0 Å². The van der Waals surface area contributed by atoms with Crippen molar-refractivity contribution < 1.29 is 4.79 Å². The molecule has 108 valence electrons. The Morgan fingerprint density at radius 2 is 1.95 bits per heavy atom. The van der Waals surface area contributed by atoms with E-state index < -0.39 is 0 Å². The Kier molecular flexibility index (Phi) is 3.88. The molecule has 0 radical (unpaired) electrons. The van der Waals surface area contributed by atoms with Crippen molar-refractivity contribution >= 4 is 29.0 Å². The number of anilines is 2. The first-order chi connectivity index (χ1) is 10.2. The highest BCUT2D eigenvalue weighted by Gasteiger charge is 2.34. The van der Waals surface area contributed by atoms with E-state index in [4.69, 9.17) is 5.73 Å². The van der Waals surface area contributed by atoms with Crippen LogP contribution in [0.2, 0.25) is 0 Å². The number of fused-ring (bicyclic) bond motifs is 1. The normalized spacial score (nSPS) is 17.7. The Balaban J connectivity index is 2.04. The smallest absolute Gasteiger partial charge is 0.245 e. The molecule has 1 amide bonds. The van der Waals surface area contributed by atoms with E-state index in [1.807, 2.05) is 53.4 Å². The minimum atomic E-state index is -0.172. The van der Waals surface area contributed by atoms with Crippen LogP contribution in [0.1, 0.15) is 24.2 Å². The zero-order valence-electron chi connectivity index (χ0n) is 12.0. The number of amides is 1. The number of carbonyl (C=O) groups excluding carboxylic acids is 1. The lowest BCUT2D eigenvalue weighted by molar-refractivity contribution is -0.118. The molecule has 0 saturated heterocycles. The van der Waals surface area contributed by atoms with Crippen LogP contribution in [0.25, 0.3) is 0 Å². The summed E-state index contributed by atoms with van der Waals surface area (Å²) in [4.78, 5) is 15.8. The van der Waals surface area contributed by atoms with Crippen LogP contribution in [0.15, 0.2) is 53.4 Å². The van der Waals surface area contributed by atoms with Gasteiger partial charge in [0.2, 0.25) is 5.91 Å². The van der Waals surface area contributed by atoms with E-state index in [0.717, 1.165) is 29.1 Å². The van der Waals surface area contributed by atoms with Crippen LogP contribution in [0.4, 0.5) is 11.4 Å². The number of thioether (sulfide) groups is 1. The summed E-state index contributed by atoms with van der Waals surface area (Å²) in [6.45, 7) is 2.80. The molecule has 3 nitrogen and oxygen atoms in total. The summed E-state index contributed by atoms with van der Waals surface area (Å²) in [5.74, 6) is 0.145. The monoisotopic (exact) mass is 298 g/mol. The first-order valence-corrected chi connectivity index (χ1v) is 8.01. The lowest BCUT2D eigenvalue weighted by atomic mass is 10.1. The van der Waals surface area contributed by atoms with Crippen molar-refractivity contribution in [1.82, 2.24) is 0 Å². The number of benzene rings is 2. The molecular formula is C17H18N2OS. The summed E-state index contributed by atoms with van der Waals surface area (Å²) >= 11 is 1.61. The fourth-order valence-corrected chi connectivity index (χ4v) is 3.79. The van der Waals surface area contributed by atoms with E-state index in [9.17, 15) is 4.79 Å². The van der Waals surface area contributed by atoms with Gasteiger partial charge in [0.15, 0.2) is 0 Å². The average molecular weight is 298 g/mol. The van der Waals surface area contributed by atoms with Crippen LogP contribution in [0, 0.1) is 0 Å². The van der Waals surface area contributed by atoms with Crippen molar-refractivity contribution in [1.29, 1.82) is 0 Å². The van der Waals surface area contributed by atoms with Crippen molar-refractivity contribution in [3.05, 3.63) is 54.1 Å². The Morgan fingerprint density at radius 3 is 2.67 bits per heavy atom. The number of nitrogens with zero attached hydrogens (tertiary/aromatic N) is 1. The van der Waals surface area contributed by atoms with Crippen LogP contribution >= 0.6 is 11.8 Å². The second kappa shape index (κ2) is 5.82. The maximum Gasteiger partial charge on any atom is 0.245 e. The highest BCUT2D eigenvalue weighted by Crippen LogP contribution is 2.47. The highest BCUT2D eigenvalue weighted by atomic mass is 32.2. The van der Waals surface area contributed by atoms with E-state index in [1.54, 1.807) is 11.8 Å². The van der Waals surface area contributed by atoms with Crippen molar-refractivity contribution in [2.75, 3.05) is 17.2 Å². The van der Waals surface area contributed by atoms with Gasteiger partial charge >= 0.3 is 0 Å². The number of carbonyl (C=O) groups is 1. The molecule has 2 aromatic rings. The third-order valence-electron chi connectivity index (χ3n) is 3.56. The molecule has 0 aromatic heterocycles. The lowest BCUT2D eigenvalue weighted by Crippen LogP contribution is -2.37. The SMILES string of the molecule is CCCN1C(=O)C(c2ccccc2)Sc2ccc(N)cc21. The molecule has 0 fully saturated rings. The molecule has 0 saturated carbocycles. The quantitative estimate of drug-likeness (QED) is 0.875. The standard InChI is InChI=1S/C17H18N2OS/c1-2-10-19-14-11-13(18)8-9-15(14)21-16(17(19)20)12-6-4-3-5-7-12/h3-9,11,16H,2,10,18H2,1H3. The number of hydrogen-bond donors (Lipinski definition) is 1. The molecule has 21 heavy (non-hydrogen) atoms. The van der Waals surface area contributed by atoms with Gasteiger partial charge in [-0.25, -0.2) is 0 Å². The second-order valence-corrected chi connectivity index (χ2v) is 6.27. The van der Waals surface area contributed by atoms with Gasteiger partial charge in [0, 0.05) is 17.1 Å². The molecule has 1 atom stereocenters. The fraction of sp³-hybridized carbons (Fsp3) is 0.235. The second-order valence-electron chi connectivity index (χ2n) is 5.13. The van der Waals surface area contributed by atoms with Crippen molar-refractivity contribution in [3.63, 3.8) is 0 Å². The van der Waals surface area contributed by atoms with Crippen molar-refractivity contribution in [2.24, 2.45) is 0 Å². The molecular weight excluding hydrogens is 280 g/mol. The van der Waals surface area contributed by atoms with Crippen LogP contribution in [-0.2, 0) is 4.79 Å². The van der Waals surface area contributed by atoms with Gasteiger partial charge in [-0.15, -0.1) is 11.8 Å². The number of nitrogens with two attached hydrogens (primary N) is 1. The predicted molar refractivity (Wildman–Crippen MR) is 88.5 cm³/mol. The Bertz CT molecular complexity index is 657. The van der Waals surface area contributed by atoms with E-state index in [-0.39, 0.29) is 11.2 Å². The van der Waals surface area contributed by atoms with Crippen molar-refractivity contribution in [2.45, 2.75) is 23.5 Å². The van der Waals surface area contributed by atoms with E-state index in [2.05, 4.69) is 6.92 Å². The van der Waals surface area contributed by atoms with Gasteiger partial charge in [-0.3, -0.25) is 4.79 Å². The zero-order chi connectivity index (χ0) is 14.8. The third-order valence-corrected chi connectivity index (χ3v) is 4.87. The molecule has 2 N–H and O–H groups in total. The third kappa shape index (κ3) is 2.63. The molecule has 3 rings (SSSR count). The highest BCUT2D eigenvalue weighted by molar-refractivity contribution is 8.00. The number of nitrogen functional groups attached to an aromatic ring is 1. The summed E-state index contributed by atoms with van der Waals surface area (Å²) < 4.78 is 0. The van der Waals surface area contributed by atoms with E-state index in [0.29, 0.717) is 5.69 Å². The van der Waals surface area contributed by atoms with Gasteiger partial charge in [-0.05, 0) is 30.2 Å². The summed E-state index contributed by atoms with van der Waals surface area (Å²) in [6.07, 6.45) is 0.923. The summed E-state index contributed by atoms with van der Waals surface area (Å²) in [5, 5.41) is -0.172. The average Bonchev–Trinajstić information content (AvgIpc) is 2.51. The molecule has 4 heteroatoms. The zero-order valence-corrected chi connectivity index (χ0v) is 12.8. The predicted octanol–water partition coefficient (Wildman–Crippen LogP) is 3.86. The van der Waals surface area contributed by atoms with Gasteiger partial charge in [0.05, 0.1) is 5.69 Å². The van der Waals surface area contributed by atoms with Gasteiger partial charge in [0.1, 0.15) is 5.25 Å². The molecule has 0 spiro atoms. The van der Waals surface area contributed by atoms with Crippen molar-refractivity contribution in [3.8, 4) is 0 Å². The van der Waals surface area contributed by atoms with E-state index in [1.165, 1.54) is 0 Å². The minimum Gasteiger partial charge on any atom is -0.399 e. The molecule has 1 aliphatic rings. The number of rotatable bonds is 3. The first-order valence-electron chi connectivity index (χ1n) is 7.13. The maximum atomic E-state index is 12.9. The Hall–Kier alpha value is -1.94. The molecule has 0 bridgehead atoms. The Morgan fingerprint density at radius 1 is 1.19 bits per heavy atom. The maximum absolute atomic E-state index is 12.9. The summed E-state index contributed by atoms with van der Waals surface area (Å²) in [5.41, 5.74) is 8.58. The van der Waals surface area contributed by atoms with Gasteiger partial charge in [-0.1, -0.05) is 37.3 Å².